The summed E-state index contributed by atoms with van der Waals surface area (Å²) in [7, 11) is 0. The molecule has 3 nitrogen and oxygen atoms in total. The highest BCUT2D eigenvalue weighted by Crippen LogP contribution is 2.15. The van der Waals surface area contributed by atoms with Gasteiger partial charge in [0.05, 0.1) is 17.6 Å². The Morgan fingerprint density at radius 2 is 2.27 bits per heavy atom. The Balaban J connectivity index is 2.63. The van der Waals surface area contributed by atoms with Crippen LogP contribution in [-0.4, -0.2) is 12.5 Å². The summed E-state index contributed by atoms with van der Waals surface area (Å²) in [5.41, 5.74) is 0.586. The van der Waals surface area contributed by atoms with Crippen molar-refractivity contribution in [2.75, 3.05) is 6.54 Å². The van der Waals surface area contributed by atoms with Gasteiger partial charge in [-0.3, -0.25) is 4.79 Å². The fraction of sp³-hybridized carbons (Fsp3) is 0.273. The van der Waals surface area contributed by atoms with Crippen LogP contribution < -0.4 is 5.32 Å². The predicted octanol–water partition coefficient (Wildman–Crippen LogP) is 2.34. The molecule has 1 aromatic carbocycles. The molecule has 0 heterocycles. The normalized spacial score (nSPS) is 11.5. The van der Waals surface area contributed by atoms with Gasteiger partial charge in [-0.25, -0.2) is 0 Å². The minimum absolute atomic E-state index is 0.162. The summed E-state index contributed by atoms with van der Waals surface area (Å²) in [5, 5.41) is 11.3. The molecule has 1 unspecified atom stereocenters. The molecular weight excluding hydrogens is 256 g/mol. The highest BCUT2D eigenvalue weighted by Gasteiger charge is 2.09. The molecule has 0 aliphatic carbocycles. The Bertz CT molecular complexity index is 398. The van der Waals surface area contributed by atoms with E-state index in [-0.39, 0.29) is 11.8 Å². The zero-order chi connectivity index (χ0) is 11.3. The van der Waals surface area contributed by atoms with Gasteiger partial charge in [0, 0.05) is 11.0 Å². The average Bonchev–Trinajstić information content (AvgIpc) is 2.26. The number of halogens is 1. The van der Waals surface area contributed by atoms with E-state index in [0.29, 0.717) is 12.1 Å². The molecular formula is C11H11BrN2O. The molecule has 0 saturated heterocycles. The van der Waals surface area contributed by atoms with Crippen molar-refractivity contribution in [3.8, 4) is 6.07 Å². The topological polar surface area (TPSA) is 52.9 Å². The second-order valence-electron chi connectivity index (χ2n) is 3.22. The van der Waals surface area contributed by atoms with Gasteiger partial charge in [-0.15, -0.1) is 0 Å². The first-order chi connectivity index (χ1) is 7.15. The van der Waals surface area contributed by atoms with Gasteiger partial charge in [-0.05, 0) is 35.0 Å². The van der Waals surface area contributed by atoms with E-state index in [1.165, 1.54) is 0 Å². The Hall–Kier alpha value is -1.34. The summed E-state index contributed by atoms with van der Waals surface area (Å²) in [6.45, 7) is 2.14. The van der Waals surface area contributed by atoms with E-state index in [0.717, 1.165) is 4.47 Å². The van der Waals surface area contributed by atoms with Crippen LogP contribution in [0, 0.1) is 17.2 Å². The summed E-state index contributed by atoms with van der Waals surface area (Å²) < 4.78 is 0.757. The number of nitrogens with one attached hydrogen (secondary N) is 1. The number of carbonyl (C=O) groups excluding carboxylic acids is 1. The van der Waals surface area contributed by atoms with Gasteiger partial charge < -0.3 is 5.32 Å². The van der Waals surface area contributed by atoms with E-state index < -0.39 is 0 Å². The lowest BCUT2D eigenvalue weighted by Crippen LogP contribution is -2.27. The molecule has 1 atom stereocenters. The number of carbonyl (C=O) groups is 1. The Labute approximate surface area is 97.2 Å². The van der Waals surface area contributed by atoms with Crippen LogP contribution in [0.2, 0.25) is 0 Å². The van der Waals surface area contributed by atoms with Crippen molar-refractivity contribution >= 4 is 21.8 Å². The third-order valence-electron chi connectivity index (χ3n) is 1.91. The van der Waals surface area contributed by atoms with Gasteiger partial charge in [0.1, 0.15) is 0 Å². The largest absolute Gasteiger partial charge is 0.351 e. The number of amides is 1. The number of nitriles is 1. The van der Waals surface area contributed by atoms with Crippen LogP contribution in [0.4, 0.5) is 0 Å². The van der Waals surface area contributed by atoms with Gasteiger partial charge in [0.2, 0.25) is 0 Å². The average molecular weight is 267 g/mol. The summed E-state index contributed by atoms with van der Waals surface area (Å²) in [4.78, 5) is 11.6. The number of hydrogen-bond donors (Lipinski definition) is 1. The molecule has 78 valence electrons. The third kappa shape index (κ3) is 3.37. The lowest BCUT2D eigenvalue weighted by molar-refractivity contribution is 0.0950. The van der Waals surface area contributed by atoms with Gasteiger partial charge >= 0.3 is 0 Å². The summed E-state index contributed by atoms with van der Waals surface area (Å²) in [5.74, 6) is -0.332. The quantitative estimate of drug-likeness (QED) is 0.913. The molecule has 1 rings (SSSR count). The van der Waals surface area contributed by atoms with Crippen LogP contribution in [0.1, 0.15) is 17.3 Å². The maximum absolute atomic E-state index is 11.6. The second kappa shape index (κ2) is 5.52. The molecule has 0 aromatic heterocycles. The van der Waals surface area contributed by atoms with Crippen molar-refractivity contribution in [2.24, 2.45) is 5.92 Å². The minimum atomic E-state index is -0.170. The van der Waals surface area contributed by atoms with E-state index in [1.807, 2.05) is 12.1 Å². The second-order valence-corrected chi connectivity index (χ2v) is 4.07. The highest BCUT2D eigenvalue weighted by atomic mass is 79.9. The van der Waals surface area contributed by atoms with E-state index in [1.54, 1.807) is 19.1 Å². The standard InChI is InChI=1S/C11H11BrN2O/c1-8(6-13)7-14-11(15)9-4-2-3-5-10(9)12/h2-5,8H,7H2,1H3,(H,14,15). The molecule has 0 aliphatic rings. The molecule has 4 heteroatoms. The molecule has 1 aromatic rings. The number of nitrogens with zero attached hydrogens (tertiary/aromatic N) is 1. The smallest absolute Gasteiger partial charge is 0.252 e. The van der Waals surface area contributed by atoms with Crippen molar-refractivity contribution in [1.82, 2.24) is 5.32 Å². The molecule has 1 amide bonds. The lowest BCUT2D eigenvalue weighted by Gasteiger charge is -2.07. The zero-order valence-electron chi connectivity index (χ0n) is 8.33. The summed E-state index contributed by atoms with van der Waals surface area (Å²) in [6.07, 6.45) is 0. The van der Waals surface area contributed by atoms with E-state index in [4.69, 9.17) is 5.26 Å². The van der Waals surface area contributed by atoms with Crippen LogP contribution >= 0.6 is 15.9 Å². The summed E-state index contributed by atoms with van der Waals surface area (Å²) >= 11 is 3.30. The van der Waals surface area contributed by atoms with Crippen LogP contribution in [-0.2, 0) is 0 Å². The molecule has 15 heavy (non-hydrogen) atoms. The van der Waals surface area contributed by atoms with E-state index >= 15 is 0 Å². The van der Waals surface area contributed by atoms with Gasteiger partial charge in [0.15, 0.2) is 0 Å². The molecule has 0 spiro atoms. The molecule has 0 saturated carbocycles. The Kier molecular flexibility index (Phi) is 4.32. The SMILES string of the molecule is CC(C#N)CNC(=O)c1ccccc1Br. The van der Waals surface area contributed by atoms with E-state index in [2.05, 4.69) is 27.3 Å². The maximum atomic E-state index is 11.6. The van der Waals surface area contributed by atoms with Crippen molar-refractivity contribution in [3.05, 3.63) is 34.3 Å². The fourth-order valence-corrected chi connectivity index (χ4v) is 1.50. The molecule has 0 bridgehead atoms. The Morgan fingerprint density at radius 3 is 2.87 bits per heavy atom. The molecule has 0 aliphatic heterocycles. The van der Waals surface area contributed by atoms with Crippen LogP contribution in [0.3, 0.4) is 0 Å². The monoisotopic (exact) mass is 266 g/mol. The van der Waals surface area contributed by atoms with Crippen LogP contribution in [0.5, 0.6) is 0 Å². The first-order valence-corrected chi connectivity index (χ1v) is 5.36. The number of benzene rings is 1. The van der Waals surface area contributed by atoms with Crippen LogP contribution in [0.25, 0.3) is 0 Å². The van der Waals surface area contributed by atoms with Gasteiger partial charge in [-0.1, -0.05) is 12.1 Å². The first-order valence-electron chi connectivity index (χ1n) is 4.57. The fourth-order valence-electron chi connectivity index (χ4n) is 1.03. The van der Waals surface area contributed by atoms with Crippen LogP contribution in [0.15, 0.2) is 28.7 Å². The molecule has 0 fully saturated rings. The number of hydrogen-bond acceptors (Lipinski definition) is 2. The lowest BCUT2D eigenvalue weighted by atomic mass is 10.2. The maximum Gasteiger partial charge on any atom is 0.252 e. The van der Waals surface area contributed by atoms with Crippen molar-refractivity contribution in [2.45, 2.75) is 6.92 Å². The molecule has 0 radical (unpaired) electrons. The van der Waals surface area contributed by atoms with Crippen molar-refractivity contribution < 1.29 is 4.79 Å². The highest BCUT2D eigenvalue weighted by molar-refractivity contribution is 9.10. The van der Waals surface area contributed by atoms with Crippen molar-refractivity contribution in [3.63, 3.8) is 0 Å². The Morgan fingerprint density at radius 1 is 1.60 bits per heavy atom. The van der Waals surface area contributed by atoms with Gasteiger partial charge in [-0.2, -0.15) is 5.26 Å². The molecule has 1 N–H and O–H groups in total. The first kappa shape index (κ1) is 11.7. The van der Waals surface area contributed by atoms with Crippen molar-refractivity contribution in [1.29, 1.82) is 5.26 Å². The minimum Gasteiger partial charge on any atom is -0.351 e. The predicted molar refractivity (Wildman–Crippen MR) is 61.3 cm³/mol. The zero-order valence-corrected chi connectivity index (χ0v) is 9.91. The third-order valence-corrected chi connectivity index (χ3v) is 2.60. The van der Waals surface area contributed by atoms with Gasteiger partial charge in [0.25, 0.3) is 5.91 Å². The van der Waals surface area contributed by atoms with E-state index in [9.17, 15) is 4.79 Å². The number of rotatable bonds is 3. The summed E-state index contributed by atoms with van der Waals surface area (Å²) in [6, 6.07) is 9.25.